The third-order valence-corrected chi connectivity index (χ3v) is 5.08. The first-order valence-corrected chi connectivity index (χ1v) is 9.36. The van der Waals surface area contributed by atoms with Gasteiger partial charge in [-0.15, -0.1) is 0 Å². The number of aliphatic hydroxyl groups is 1. The van der Waals surface area contributed by atoms with Crippen molar-refractivity contribution < 1.29 is 29.0 Å². The number of ketones is 1. The van der Waals surface area contributed by atoms with Crippen molar-refractivity contribution in [1.82, 2.24) is 0 Å². The van der Waals surface area contributed by atoms with Crippen LogP contribution in [0.15, 0.2) is 28.7 Å². The Kier molecular flexibility index (Phi) is 6.58. The Morgan fingerprint density at radius 3 is 2.42 bits per heavy atom. The molecule has 1 N–H and O–H groups in total. The van der Waals surface area contributed by atoms with Crippen LogP contribution in [0.4, 0.5) is 0 Å². The summed E-state index contributed by atoms with van der Waals surface area (Å²) in [6.07, 6.45) is -0.315. The third kappa shape index (κ3) is 4.15. The number of esters is 2. The summed E-state index contributed by atoms with van der Waals surface area (Å²) >= 11 is 3.37. The lowest BCUT2D eigenvalue weighted by atomic mass is 9.62. The number of halogens is 1. The summed E-state index contributed by atoms with van der Waals surface area (Å²) in [5.41, 5.74) is -1.04. The van der Waals surface area contributed by atoms with Crippen LogP contribution in [-0.2, 0) is 23.9 Å². The molecule has 1 aromatic carbocycles. The number of carbonyl (C=O) groups excluding carboxylic acids is 3. The van der Waals surface area contributed by atoms with Gasteiger partial charge in [-0.25, -0.2) is 0 Å². The normalized spacial score (nSPS) is 28.5. The molecule has 2 rings (SSSR count). The van der Waals surface area contributed by atoms with E-state index in [1.54, 1.807) is 38.1 Å². The number of carbonyl (C=O) groups is 3. The molecule has 0 aromatic heterocycles. The highest BCUT2D eigenvalue weighted by molar-refractivity contribution is 9.10. The Labute approximate surface area is 161 Å². The van der Waals surface area contributed by atoms with Crippen molar-refractivity contribution in [3.63, 3.8) is 0 Å². The van der Waals surface area contributed by atoms with Gasteiger partial charge in [0.2, 0.25) is 0 Å². The van der Waals surface area contributed by atoms with Crippen LogP contribution in [0.25, 0.3) is 0 Å². The van der Waals surface area contributed by atoms with E-state index in [9.17, 15) is 19.5 Å². The third-order valence-electron chi connectivity index (χ3n) is 4.58. The molecule has 1 saturated carbocycles. The minimum Gasteiger partial charge on any atom is -0.466 e. The van der Waals surface area contributed by atoms with Crippen molar-refractivity contribution >= 4 is 33.7 Å². The van der Waals surface area contributed by atoms with E-state index in [-0.39, 0.29) is 19.6 Å². The fraction of sp³-hybridized carbons (Fsp3) is 0.526. The molecule has 7 heteroatoms. The van der Waals surface area contributed by atoms with Crippen molar-refractivity contribution in [2.45, 2.75) is 38.7 Å². The second-order valence-electron chi connectivity index (χ2n) is 6.54. The second-order valence-corrected chi connectivity index (χ2v) is 7.46. The van der Waals surface area contributed by atoms with Gasteiger partial charge in [-0.3, -0.25) is 14.4 Å². The lowest BCUT2D eigenvalue weighted by Crippen LogP contribution is -2.55. The summed E-state index contributed by atoms with van der Waals surface area (Å²) in [6, 6.07) is 7.00. The second kappa shape index (κ2) is 8.31. The molecule has 1 fully saturated rings. The Morgan fingerprint density at radius 2 is 1.85 bits per heavy atom. The molecule has 4 atom stereocenters. The van der Waals surface area contributed by atoms with E-state index < -0.39 is 41.1 Å². The van der Waals surface area contributed by atoms with E-state index in [0.717, 1.165) is 4.47 Å². The first-order chi connectivity index (χ1) is 12.2. The summed E-state index contributed by atoms with van der Waals surface area (Å²) in [4.78, 5) is 37.9. The van der Waals surface area contributed by atoms with E-state index in [2.05, 4.69) is 15.9 Å². The summed E-state index contributed by atoms with van der Waals surface area (Å²) in [6.45, 7) is 5.00. The van der Waals surface area contributed by atoms with Gasteiger partial charge in [-0.05, 0) is 38.5 Å². The van der Waals surface area contributed by atoms with Gasteiger partial charge in [0.1, 0.15) is 5.92 Å². The standard InChI is InChI=1S/C19H23BrO6/c1-4-25-17(22)15-13(21)10-19(3,24)16(18(23)26-5-2)14(15)11-7-6-8-12(20)9-11/h6-9,14-16,24H,4-5,10H2,1-3H3/t14-,15-,16+,19+/m1/s1. The molecule has 0 bridgehead atoms. The molecular weight excluding hydrogens is 404 g/mol. The number of rotatable bonds is 5. The molecule has 0 saturated heterocycles. The van der Waals surface area contributed by atoms with Crippen LogP contribution in [0.2, 0.25) is 0 Å². The molecule has 1 aliphatic rings. The van der Waals surface area contributed by atoms with Crippen LogP contribution in [0, 0.1) is 11.8 Å². The minimum atomic E-state index is -1.63. The number of ether oxygens (including phenoxy) is 2. The first-order valence-electron chi connectivity index (χ1n) is 8.56. The number of Topliss-reactive ketones (excluding diaryl/α,β-unsaturated/α-hetero) is 1. The molecule has 1 aromatic rings. The van der Waals surface area contributed by atoms with Gasteiger partial charge in [-0.2, -0.15) is 0 Å². The van der Waals surface area contributed by atoms with Gasteiger partial charge in [0.05, 0.1) is 24.7 Å². The van der Waals surface area contributed by atoms with Crippen LogP contribution in [0.5, 0.6) is 0 Å². The summed E-state index contributed by atoms with van der Waals surface area (Å²) in [5.74, 6) is -4.87. The van der Waals surface area contributed by atoms with Crippen molar-refractivity contribution in [2.24, 2.45) is 11.8 Å². The Balaban J connectivity index is 2.61. The molecule has 26 heavy (non-hydrogen) atoms. The maximum Gasteiger partial charge on any atom is 0.317 e. The van der Waals surface area contributed by atoms with E-state index in [1.165, 1.54) is 6.92 Å². The highest BCUT2D eigenvalue weighted by Gasteiger charge is 2.57. The van der Waals surface area contributed by atoms with Gasteiger partial charge >= 0.3 is 11.9 Å². The van der Waals surface area contributed by atoms with Gasteiger partial charge in [-0.1, -0.05) is 28.1 Å². The Morgan fingerprint density at radius 1 is 1.23 bits per heavy atom. The maximum atomic E-state index is 12.7. The van der Waals surface area contributed by atoms with E-state index in [4.69, 9.17) is 9.47 Å². The molecular formula is C19H23BrO6. The Bertz CT molecular complexity index is 699. The van der Waals surface area contributed by atoms with E-state index in [0.29, 0.717) is 5.56 Å². The highest BCUT2D eigenvalue weighted by atomic mass is 79.9. The van der Waals surface area contributed by atoms with Crippen LogP contribution < -0.4 is 0 Å². The zero-order chi connectivity index (χ0) is 19.5. The molecule has 0 spiro atoms. The first kappa shape index (κ1) is 20.6. The molecule has 0 unspecified atom stereocenters. The highest BCUT2D eigenvalue weighted by Crippen LogP contribution is 2.47. The molecule has 142 valence electrons. The summed E-state index contributed by atoms with van der Waals surface area (Å²) < 4.78 is 11.0. The minimum absolute atomic E-state index is 0.119. The van der Waals surface area contributed by atoms with Crippen LogP contribution in [0.1, 0.15) is 38.7 Å². The van der Waals surface area contributed by atoms with Gasteiger partial charge in [0.15, 0.2) is 5.78 Å². The topological polar surface area (TPSA) is 89.9 Å². The lowest BCUT2D eigenvalue weighted by molar-refractivity contribution is -0.172. The van der Waals surface area contributed by atoms with Gasteiger partial charge < -0.3 is 14.6 Å². The van der Waals surface area contributed by atoms with Gasteiger partial charge in [0, 0.05) is 16.8 Å². The lowest BCUT2D eigenvalue weighted by Gasteiger charge is -2.43. The average molecular weight is 427 g/mol. The number of hydrogen-bond donors (Lipinski definition) is 1. The molecule has 0 heterocycles. The molecule has 0 radical (unpaired) electrons. The van der Waals surface area contributed by atoms with Crippen molar-refractivity contribution in [3.8, 4) is 0 Å². The maximum absolute atomic E-state index is 12.7. The van der Waals surface area contributed by atoms with Crippen LogP contribution >= 0.6 is 15.9 Å². The fourth-order valence-corrected chi connectivity index (χ4v) is 4.01. The van der Waals surface area contributed by atoms with Crippen molar-refractivity contribution in [3.05, 3.63) is 34.3 Å². The largest absolute Gasteiger partial charge is 0.466 e. The SMILES string of the molecule is CCOC(=O)[C@@H]1C(=O)C[C@](C)(O)[C@H](C(=O)OCC)[C@@H]1c1cccc(Br)c1. The van der Waals surface area contributed by atoms with Crippen LogP contribution in [0.3, 0.4) is 0 Å². The zero-order valence-corrected chi connectivity index (χ0v) is 16.6. The quantitative estimate of drug-likeness (QED) is 0.574. The fourth-order valence-electron chi connectivity index (χ4n) is 3.59. The number of hydrogen-bond acceptors (Lipinski definition) is 6. The molecule has 6 nitrogen and oxygen atoms in total. The molecule has 1 aliphatic carbocycles. The molecule has 0 amide bonds. The van der Waals surface area contributed by atoms with Crippen molar-refractivity contribution in [1.29, 1.82) is 0 Å². The van der Waals surface area contributed by atoms with Crippen molar-refractivity contribution in [2.75, 3.05) is 13.2 Å². The predicted octanol–water partition coefficient (Wildman–Crippen LogP) is 2.62. The number of benzene rings is 1. The summed E-state index contributed by atoms with van der Waals surface area (Å²) in [5, 5.41) is 10.8. The zero-order valence-electron chi connectivity index (χ0n) is 15.0. The average Bonchev–Trinajstić information content (AvgIpc) is 2.53. The van der Waals surface area contributed by atoms with Crippen LogP contribution in [-0.4, -0.2) is 41.6 Å². The van der Waals surface area contributed by atoms with E-state index in [1.807, 2.05) is 0 Å². The summed E-state index contributed by atoms with van der Waals surface area (Å²) in [7, 11) is 0. The molecule has 0 aliphatic heterocycles. The predicted molar refractivity (Wildman–Crippen MR) is 97.4 cm³/mol. The smallest absolute Gasteiger partial charge is 0.317 e. The van der Waals surface area contributed by atoms with E-state index >= 15 is 0 Å². The monoisotopic (exact) mass is 426 g/mol. The Hall–Kier alpha value is -1.73. The van der Waals surface area contributed by atoms with Gasteiger partial charge in [0.25, 0.3) is 0 Å².